The molecule has 0 aliphatic rings. The highest BCUT2D eigenvalue weighted by molar-refractivity contribution is 5.95. The molecule has 8 heteroatoms. The van der Waals surface area contributed by atoms with Crippen LogP contribution in [0.4, 0.5) is 20.2 Å². The average molecular weight is 361 g/mol. The molecular weight excluding hydrogens is 344 g/mol. The summed E-state index contributed by atoms with van der Waals surface area (Å²) in [6.45, 7) is 1.38. The molecule has 3 amide bonds. The van der Waals surface area contributed by atoms with E-state index in [0.29, 0.717) is 17.4 Å². The quantitative estimate of drug-likeness (QED) is 0.739. The van der Waals surface area contributed by atoms with Crippen LogP contribution in [0.3, 0.4) is 0 Å². The minimum Gasteiger partial charge on any atom is -0.351 e. The van der Waals surface area contributed by atoms with E-state index in [4.69, 9.17) is 0 Å². The van der Waals surface area contributed by atoms with Gasteiger partial charge in [-0.3, -0.25) is 14.4 Å². The largest absolute Gasteiger partial charge is 0.351 e. The van der Waals surface area contributed by atoms with Crippen LogP contribution in [-0.4, -0.2) is 24.3 Å². The first-order chi connectivity index (χ1) is 12.3. The molecule has 136 valence electrons. The molecule has 2 aromatic carbocycles. The summed E-state index contributed by atoms with van der Waals surface area (Å²) < 4.78 is 26.3. The first kappa shape index (κ1) is 19.0. The van der Waals surface area contributed by atoms with Crippen LogP contribution in [0.5, 0.6) is 0 Å². The standard InChI is InChI=1S/C18H17F2N3O3/c1-11(24)22-13-3-5-14(6-4-13)23-17(25)8-9-21-18(26)15-7-2-12(19)10-16(15)20/h2-7,10H,8-9H2,1H3,(H,21,26)(H,22,24)(H,23,25). The molecule has 0 heterocycles. The summed E-state index contributed by atoms with van der Waals surface area (Å²) in [5.74, 6) is -3.02. The summed E-state index contributed by atoms with van der Waals surface area (Å²) in [6, 6.07) is 9.15. The Morgan fingerprint density at radius 2 is 1.54 bits per heavy atom. The predicted molar refractivity (Wildman–Crippen MR) is 92.7 cm³/mol. The van der Waals surface area contributed by atoms with E-state index >= 15 is 0 Å². The number of rotatable bonds is 6. The molecule has 3 N–H and O–H groups in total. The number of hydrogen-bond donors (Lipinski definition) is 3. The smallest absolute Gasteiger partial charge is 0.254 e. The molecule has 6 nitrogen and oxygen atoms in total. The van der Waals surface area contributed by atoms with Gasteiger partial charge in [-0.2, -0.15) is 0 Å². The van der Waals surface area contributed by atoms with Gasteiger partial charge in [-0.1, -0.05) is 0 Å². The number of anilines is 2. The van der Waals surface area contributed by atoms with Crippen LogP contribution in [-0.2, 0) is 9.59 Å². The molecule has 0 fully saturated rings. The Labute approximate surface area is 148 Å². The zero-order valence-electron chi connectivity index (χ0n) is 13.9. The van der Waals surface area contributed by atoms with Gasteiger partial charge in [0.25, 0.3) is 5.91 Å². The first-order valence-electron chi connectivity index (χ1n) is 7.76. The number of benzene rings is 2. The molecule has 2 rings (SSSR count). The maximum atomic E-state index is 13.5. The van der Waals surface area contributed by atoms with Gasteiger partial charge in [0, 0.05) is 37.3 Å². The second kappa shape index (κ2) is 8.70. The van der Waals surface area contributed by atoms with Crippen molar-refractivity contribution in [2.45, 2.75) is 13.3 Å². The Morgan fingerprint density at radius 3 is 2.12 bits per heavy atom. The van der Waals surface area contributed by atoms with Gasteiger partial charge in [-0.25, -0.2) is 8.78 Å². The number of carbonyl (C=O) groups is 3. The topological polar surface area (TPSA) is 87.3 Å². The van der Waals surface area contributed by atoms with Crippen molar-refractivity contribution in [1.82, 2.24) is 5.32 Å². The maximum Gasteiger partial charge on any atom is 0.254 e. The molecular formula is C18H17F2N3O3. The fourth-order valence-corrected chi connectivity index (χ4v) is 2.12. The Morgan fingerprint density at radius 1 is 0.923 bits per heavy atom. The minimum atomic E-state index is -0.966. The van der Waals surface area contributed by atoms with Crippen molar-refractivity contribution in [3.63, 3.8) is 0 Å². The molecule has 0 unspecified atom stereocenters. The number of nitrogens with one attached hydrogen (secondary N) is 3. The van der Waals surface area contributed by atoms with Crippen molar-refractivity contribution in [2.75, 3.05) is 17.2 Å². The van der Waals surface area contributed by atoms with Gasteiger partial charge >= 0.3 is 0 Å². The Bertz CT molecular complexity index is 823. The van der Waals surface area contributed by atoms with Gasteiger partial charge in [-0.05, 0) is 36.4 Å². The fraction of sp³-hybridized carbons (Fsp3) is 0.167. The molecule has 0 radical (unpaired) electrons. The SMILES string of the molecule is CC(=O)Nc1ccc(NC(=O)CCNC(=O)c2ccc(F)cc2F)cc1. The molecule has 0 aromatic heterocycles. The van der Waals surface area contributed by atoms with E-state index in [-0.39, 0.29) is 30.3 Å². The summed E-state index contributed by atoms with van der Waals surface area (Å²) in [7, 11) is 0. The lowest BCUT2D eigenvalue weighted by atomic mass is 10.2. The lowest BCUT2D eigenvalue weighted by Crippen LogP contribution is -2.28. The third kappa shape index (κ3) is 5.66. The van der Waals surface area contributed by atoms with Gasteiger partial charge in [0.2, 0.25) is 11.8 Å². The zero-order valence-corrected chi connectivity index (χ0v) is 13.9. The average Bonchev–Trinajstić information content (AvgIpc) is 2.56. The second-order valence-corrected chi connectivity index (χ2v) is 5.44. The third-order valence-electron chi connectivity index (χ3n) is 3.30. The fourth-order valence-electron chi connectivity index (χ4n) is 2.12. The Balaban J connectivity index is 1.79. The van der Waals surface area contributed by atoms with Crippen molar-refractivity contribution in [3.8, 4) is 0 Å². The van der Waals surface area contributed by atoms with Crippen LogP contribution >= 0.6 is 0 Å². The van der Waals surface area contributed by atoms with Gasteiger partial charge in [0.05, 0.1) is 5.56 Å². The Hall–Kier alpha value is -3.29. The van der Waals surface area contributed by atoms with Crippen LogP contribution in [0, 0.1) is 11.6 Å². The molecule has 0 saturated carbocycles. The van der Waals surface area contributed by atoms with Crippen molar-refractivity contribution in [2.24, 2.45) is 0 Å². The van der Waals surface area contributed by atoms with Crippen LogP contribution in [0.2, 0.25) is 0 Å². The maximum absolute atomic E-state index is 13.5. The van der Waals surface area contributed by atoms with E-state index in [2.05, 4.69) is 16.0 Å². The van der Waals surface area contributed by atoms with Crippen molar-refractivity contribution in [3.05, 3.63) is 59.7 Å². The molecule has 0 saturated heterocycles. The third-order valence-corrected chi connectivity index (χ3v) is 3.30. The van der Waals surface area contributed by atoms with Crippen molar-refractivity contribution < 1.29 is 23.2 Å². The monoisotopic (exact) mass is 361 g/mol. The predicted octanol–water partition coefficient (Wildman–Crippen LogP) is 2.68. The molecule has 0 aliphatic heterocycles. The van der Waals surface area contributed by atoms with Crippen LogP contribution in [0.25, 0.3) is 0 Å². The van der Waals surface area contributed by atoms with Crippen LogP contribution in [0.1, 0.15) is 23.7 Å². The van der Waals surface area contributed by atoms with Crippen LogP contribution < -0.4 is 16.0 Å². The summed E-state index contributed by atoms with van der Waals surface area (Å²) >= 11 is 0. The Kier molecular flexibility index (Phi) is 6.37. The first-order valence-corrected chi connectivity index (χ1v) is 7.76. The van der Waals surface area contributed by atoms with E-state index < -0.39 is 17.5 Å². The number of carbonyl (C=O) groups excluding carboxylic acids is 3. The van der Waals surface area contributed by atoms with E-state index in [9.17, 15) is 23.2 Å². The highest BCUT2D eigenvalue weighted by Crippen LogP contribution is 2.13. The van der Waals surface area contributed by atoms with Gasteiger partial charge < -0.3 is 16.0 Å². The highest BCUT2D eigenvalue weighted by atomic mass is 19.1. The van der Waals surface area contributed by atoms with E-state index in [1.165, 1.54) is 6.92 Å². The molecule has 0 spiro atoms. The van der Waals surface area contributed by atoms with E-state index in [0.717, 1.165) is 12.1 Å². The molecule has 0 aliphatic carbocycles. The lowest BCUT2D eigenvalue weighted by molar-refractivity contribution is -0.116. The number of amides is 3. The number of hydrogen-bond acceptors (Lipinski definition) is 3. The second-order valence-electron chi connectivity index (χ2n) is 5.44. The van der Waals surface area contributed by atoms with Gasteiger partial charge in [-0.15, -0.1) is 0 Å². The number of halogens is 2. The summed E-state index contributed by atoms with van der Waals surface area (Å²) in [5.41, 5.74) is 0.837. The zero-order chi connectivity index (χ0) is 19.1. The molecule has 0 bridgehead atoms. The van der Waals surface area contributed by atoms with Gasteiger partial charge in [0.15, 0.2) is 0 Å². The van der Waals surface area contributed by atoms with E-state index in [1.54, 1.807) is 24.3 Å². The van der Waals surface area contributed by atoms with Crippen molar-refractivity contribution in [1.29, 1.82) is 0 Å². The molecule has 0 atom stereocenters. The van der Waals surface area contributed by atoms with Crippen LogP contribution in [0.15, 0.2) is 42.5 Å². The van der Waals surface area contributed by atoms with E-state index in [1.807, 2.05) is 0 Å². The minimum absolute atomic E-state index is 0.00847. The summed E-state index contributed by atoms with van der Waals surface area (Å²) in [5, 5.41) is 7.63. The lowest BCUT2D eigenvalue weighted by Gasteiger charge is -2.08. The summed E-state index contributed by atoms with van der Waals surface area (Å²) in [6.07, 6.45) is -0.0258. The van der Waals surface area contributed by atoms with Gasteiger partial charge in [0.1, 0.15) is 11.6 Å². The molecule has 2 aromatic rings. The summed E-state index contributed by atoms with van der Waals surface area (Å²) in [4.78, 5) is 34.6. The molecule has 26 heavy (non-hydrogen) atoms. The van der Waals surface area contributed by atoms with Crippen molar-refractivity contribution >= 4 is 29.1 Å². The highest BCUT2D eigenvalue weighted by Gasteiger charge is 2.12. The normalized spacial score (nSPS) is 10.1.